The molecule has 0 spiro atoms. The van der Waals surface area contributed by atoms with Crippen molar-refractivity contribution in [2.24, 2.45) is 11.8 Å². The Hall–Kier alpha value is -1.57. The number of hydrogen-bond donors (Lipinski definition) is 1. The molecule has 0 radical (unpaired) electrons. The van der Waals surface area contributed by atoms with Crippen molar-refractivity contribution in [3.05, 3.63) is 29.3 Å². The first kappa shape index (κ1) is 14.4. The van der Waals surface area contributed by atoms with Gasteiger partial charge in [-0.2, -0.15) is 5.26 Å². The second kappa shape index (κ2) is 5.32. The smallest absolute Gasteiger partial charge is 0.136 e. The quantitative estimate of drug-likeness (QED) is 0.923. The van der Waals surface area contributed by atoms with E-state index in [-0.39, 0.29) is 5.54 Å². The third kappa shape index (κ3) is 2.41. The van der Waals surface area contributed by atoms with Crippen LogP contribution in [0.15, 0.2) is 18.2 Å². The van der Waals surface area contributed by atoms with Gasteiger partial charge in [0, 0.05) is 25.2 Å². The largest absolute Gasteiger partial charge is 0.495 e. The number of fused-ring (bicyclic) bond motifs is 1. The molecule has 2 unspecified atom stereocenters. The molecular weight excluding hydrogens is 262 g/mol. The summed E-state index contributed by atoms with van der Waals surface area (Å²) >= 11 is 0. The Labute approximate surface area is 126 Å². The van der Waals surface area contributed by atoms with Crippen molar-refractivity contribution < 1.29 is 4.74 Å². The molecule has 3 rings (SSSR count). The van der Waals surface area contributed by atoms with Gasteiger partial charge in [0.05, 0.1) is 12.7 Å². The van der Waals surface area contributed by atoms with Crippen LogP contribution in [-0.2, 0) is 6.54 Å². The number of methoxy groups -OCH3 is 1. The van der Waals surface area contributed by atoms with Gasteiger partial charge >= 0.3 is 0 Å². The Bertz CT molecular complexity index is 576. The molecule has 2 aliphatic rings. The van der Waals surface area contributed by atoms with Crippen molar-refractivity contribution in [2.75, 3.05) is 26.7 Å². The number of nitrogens with zero attached hydrogens (tertiary/aromatic N) is 2. The fourth-order valence-electron chi connectivity index (χ4n) is 3.92. The van der Waals surface area contributed by atoms with Crippen LogP contribution in [0.4, 0.5) is 0 Å². The first-order chi connectivity index (χ1) is 10.1. The molecule has 2 heterocycles. The molecule has 2 saturated heterocycles. The maximum Gasteiger partial charge on any atom is 0.136 e. The lowest BCUT2D eigenvalue weighted by Gasteiger charge is -2.35. The van der Waals surface area contributed by atoms with E-state index in [2.05, 4.69) is 30.1 Å². The van der Waals surface area contributed by atoms with Crippen LogP contribution in [0.25, 0.3) is 0 Å². The van der Waals surface area contributed by atoms with Crippen LogP contribution in [0.5, 0.6) is 5.75 Å². The average molecular weight is 285 g/mol. The van der Waals surface area contributed by atoms with Crippen LogP contribution in [-0.4, -0.2) is 37.2 Å². The monoisotopic (exact) mass is 285 g/mol. The molecular formula is C17H23N3O. The SMILES string of the molecule is COc1cc(CN2CC3CNCC3C2(C)C)ccc1C#N. The third-order valence-corrected chi connectivity index (χ3v) is 5.28. The predicted molar refractivity (Wildman–Crippen MR) is 82.0 cm³/mol. The molecule has 4 nitrogen and oxygen atoms in total. The zero-order valence-corrected chi connectivity index (χ0v) is 13.0. The summed E-state index contributed by atoms with van der Waals surface area (Å²) in [5.74, 6) is 2.17. The number of nitrogens with one attached hydrogen (secondary N) is 1. The summed E-state index contributed by atoms with van der Waals surface area (Å²) < 4.78 is 5.32. The van der Waals surface area contributed by atoms with E-state index in [1.807, 2.05) is 18.2 Å². The normalized spacial score (nSPS) is 27.3. The van der Waals surface area contributed by atoms with Crippen LogP contribution in [0.2, 0.25) is 0 Å². The highest BCUT2D eigenvalue weighted by molar-refractivity contribution is 5.45. The maximum atomic E-state index is 9.07. The fraction of sp³-hybridized carbons (Fsp3) is 0.588. The van der Waals surface area contributed by atoms with E-state index in [9.17, 15) is 0 Å². The zero-order valence-electron chi connectivity index (χ0n) is 13.0. The van der Waals surface area contributed by atoms with Crippen LogP contribution in [0.3, 0.4) is 0 Å². The highest BCUT2D eigenvalue weighted by Crippen LogP contribution is 2.41. The molecule has 0 bridgehead atoms. The third-order valence-electron chi connectivity index (χ3n) is 5.28. The van der Waals surface area contributed by atoms with E-state index >= 15 is 0 Å². The maximum absolute atomic E-state index is 9.07. The van der Waals surface area contributed by atoms with Crippen LogP contribution in [0, 0.1) is 23.2 Å². The summed E-state index contributed by atoms with van der Waals surface area (Å²) in [6, 6.07) is 8.08. The number of benzene rings is 1. The molecule has 2 atom stereocenters. The number of likely N-dealkylation sites (tertiary alicyclic amines) is 1. The van der Waals surface area contributed by atoms with Crippen molar-refractivity contribution in [3.8, 4) is 11.8 Å². The van der Waals surface area contributed by atoms with E-state index in [4.69, 9.17) is 10.00 Å². The molecule has 1 aromatic carbocycles. The van der Waals surface area contributed by atoms with E-state index in [1.165, 1.54) is 5.56 Å². The van der Waals surface area contributed by atoms with Crippen molar-refractivity contribution in [1.29, 1.82) is 5.26 Å². The highest BCUT2D eigenvalue weighted by Gasteiger charge is 2.49. The van der Waals surface area contributed by atoms with E-state index in [1.54, 1.807) is 7.11 Å². The van der Waals surface area contributed by atoms with Gasteiger partial charge in [0.15, 0.2) is 0 Å². The van der Waals surface area contributed by atoms with Crippen LogP contribution >= 0.6 is 0 Å². The van der Waals surface area contributed by atoms with Crippen LogP contribution in [0.1, 0.15) is 25.0 Å². The molecule has 0 aliphatic carbocycles. The highest BCUT2D eigenvalue weighted by atomic mass is 16.5. The van der Waals surface area contributed by atoms with Crippen molar-refractivity contribution >= 4 is 0 Å². The Morgan fingerprint density at radius 1 is 1.43 bits per heavy atom. The van der Waals surface area contributed by atoms with E-state index in [0.29, 0.717) is 11.3 Å². The molecule has 0 amide bonds. The number of ether oxygens (including phenoxy) is 1. The lowest BCUT2D eigenvalue weighted by atomic mass is 9.85. The Balaban J connectivity index is 1.80. The Morgan fingerprint density at radius 3 is 2.90 bits per heavy atom. The van der Waals surface area contributed by atoms with Crippen LogP contribution < -0.4 is 10.1 Å². The fourth-order valence-corrected chi connectivity index (χ4v) is 3.92. The van der Waals surface area contributed by atoms with Gasteiger partial charge in [0.25, 0.3) is 0 Å². The van der Waals surface area contributed by atoms with Gasteiger partial charge in [0.2, 0.25) is 0 Å². The van der Waals surface area contributed by atoms with E-state index in [0.717, 1.165) is 38.0 Å². The van der Waals surface area contributed by atoms with Gasteiger partial charge in [-0.1, -0.05) is 6.07 Å². The van der Waals surface area contributed by atoms with Gasteiger partial charge in [-0.05, 0) is 49.9 Å². The summed E-state index contributed by atoms with van der Waals surface area (Å²) in [7, 11) is 1.62. The Kier molecular flexibility index (Phi) is 3.64. The summed E-state index contributed by atoms with van der Waals surface area (Å²) in [5, 5.41) is 12.6. The summed E-state index contributed by atoms with van der Waals surface area (Å²) in [6.07, 6.45) is 0. The van der Waals surface area contributed by atoms with Crippen molar-refractivity contribution in [1.82, 2.24) is 10.2 Å². The summed E-state index contributed by atoms with van der Waals surface area (Å²) in [4.78, 5) is 2.57. The average Bonchev–Trinajstić information content (AvgIpc) is 3.02. The lowest BCUT2D eigenvalue weighted by molar-refractivity contribution is 0.132. The second-order valence-corrected chi connectivity index (χ2v) is 6.71. The van der Waals surface area contributed by atoms with Gasteiger partial charge in [0.1, 0.15) is 11.8 Å². The molecule has 0 saturated carbocycles. The molecule has 112 valence electrons. The minimum absolute atomic E-state index is 0.218. The number of hydrogen-bond acceptors (Lipinski definition) is 4. The molecule has 4 heteroatoms. The van der Waals surface area contributed by atoms with Crippen molar-refractivity contribution in [3.63, 3.8) is 0 Å². The molecule has 2 aliphatic heterocycles. The minimum Gasteiger partial charge on any atom is -0.495 e. The number of rotatable bonds is 3. The first-order valence-corrected chi connectivity index (χ1v) is 7.59. The molecule has 2 fully saturated rings. The van der Waals surface area contributed by atoms with E-state index < -0.39 is 0 Å². The van der Waals surface area contributed by atoms with Crippen molar-refractivity contribution in [2.45, 2.75) is 25.9 Å². The standard InChI is InChI=1S/C17H23N3O/c1-17(2)15-9-19-8-14(15)11-20(17)10-12-4-5-13(7-18)16(6-12)21-3/h4-6,14-15,19H,8-11H2,1-3H3. The molecule has 0 aromatic heterocycles. The lowest BCUT2D eigenvalue weighted by Crippen LogP contribution is -2.43. The molecule has 21 heavy (non-hydrogen) atoms. The summed E-state index contributed by atoms with van der Waals surface area (Å²) in [5.41, 5.74) is 2.03. The Morgan fingerprint density at radius 2 is 2.24 bits per heavy atom. The second-order valence-electron chi connectivity index (χ2n) is 6.71. The first-order valence-electron chi connectivity index (χ1n) is 7.59. The summed E-state index contributed by atoms with van der Waals surface area (Å²) in [6.45, 7) is 9.04. The van der Waals surface area contributed by atoms with Gasteiger partial charge in [-0.15, -0.1) is 0 Å². The predicted octanol–water partition coefficient (Wildman–Crippen LogP) is 2.00. The molecule has 1 aromatic rings. The zero-order chi connectivity index (χ0) is 15.0. The minimum atomic E-state index is 0.218. The topological polar surface area (TPSA) is 48.3 Å². The van der Waals surface area contributed by atoms with Gasteiger partial charge in [-0.3, -0.25) is 4.90 Å². The molecule has 1 N–H and O–H groups in total. The number of nitriles is 1. The van der Waals surface area contributed by atoms with Gasteiger partial charge in [-0.25, -0.2) is 0 Å². The van der Waals surface area contributed by atoms with Gasteiger partial charge < -0.3 is 10.1 Å².